The highest BCUT2D eigenvalue weighted by Crippen LogP contribution is 2.23. The van der Waals surface area contributed by atoms with Crippen LogP contribution in [0.2, 0.25) is 0 Å². The second-order valence-corrected chi connectivity index (χ2v) is 4.51. The van der Waals surface area contributed by atoms with Crippen LogP contribution < -0.4 is 5.32 Å². The number of aromatic nitrogens is 1. The molecule has 0 aliphatic rings. The van der Waals surface area contributed by atoms with Gasteiger partial charge in [-0.3, -0.25) is 4.98 Å². The number of aliphatic hydroxyl groups is 1. The van der Waals surface area contributed by atoms with Gasteiger partial charge in [0.05, 0.1) is 12.3 Å². The van der Waals surface area contributed by atoms with Crippen molar-refractivity contribution in [2.75, 3.05) is 18.6 Å². The number of pyridine rings is 1. The molecule has 1 heterocycles. The highest BCUT2D eigenvalue weighted by Gasteiger charge is 2.10. The van der Waals surface area contributed by atoms with E-state index in [1.165, 1.54) is 0 Å². The molecular formula is C11H18N2O2S. The van der Waals surface area contributed by atoms with E-state index in [1.54, 1.807) is 24.9 Å². The largest absolute Gasteiger partial charge is 0.506 e. The summed E-state index contributed by atoms with van der Waals surface area (Å²) in [6.45, 7) is 3.10. The minimum atomic E-state index is -0.0968. The lowest BCUT2D eigenvalue weighted by molar-refractivity contribution is 0.278. The van der Waals surface area contributed by atoms with Gasteiger partial charge in [-0.25, -0.2) is 0 Å². The van der Waals surface area contributed by atoms with Crippen LogP contribution in [0.1, 0.15) is 16.8 Å². The van der Waals surface area contributed by atoms with Crippen molar-refractivity contribution in [3.8, 4) is 5.75 Å². The smallest absolute Gasteiger partial charge is 0.141 e. The molecule has 0 atom stereocenters. The first-order chi connectivity index (χ1) is 7.70. The van der Waals surface area contributed by atoms with Crippen LogP contribution in [0, 0.1) is 6.92 Å². The van der Waals surface area contributed by atoms with Crippen molar-refractivity contribution < 1.29 is 10.2 Å². The van der Waals surface area contributed by atoms with E-state index < -0.39 is 0 Å². The highest BCUT2D eigenvalue weighted by atomic mass is 32.2. The second kappa shape index (κ2) is 6.73. The van der Waals surface area contributed by atoms with Crippen molar-refractivity contribution >= 4 is 11.8 Å². The topological polar surface area (TPSA) is 65.4 Å². The van der Waals surface area contributed by atoms with Gasteiger partial charge in [0, 0.05) is 36.2 Å². The van der Waals surface area contributed by atoms with E-state index in [0.29, 0.717) is 17.8 Å². The first kappa shape index (κ1) is 13.3. The third kappa shape index (κ3) is 3.37. The summed E-state index contributed by atoms with van der Waals surface area (Å²) in [5, 5.41) is 22.2. The lowest BCUT2D eigenvalue weighted by Gasteiger charge is -2.11. The zero-order valence-electron chi connectivity index (χ0n) is 9.66. The minimum absolute atomic E-state index is 0.0968. The van der Waals surface area contributed by atoms with Gasteiger partial charge in [-0.2, -0.15) is 11.8 Å². The van der Waals surface area contributed by atoms with Crippen LogP contribution in [0.5, 0.6) is 5.75 Å². The Bertz CT molecular complexity index is 345. The number of rotatable bonds is 6. The Labute approximate surface area is 100 Å². The molecule has 0 aliphatic heterocycles. The number of hydrogen-bond acceptors (Lipinski definition) is 5. The van der Waals surface area contributed by atoms with Gasteiger partial charge >= 0.3 is 0 Å². The SMILES string of the molecule is CSCCNCc1c(CO)cnc(C)c1O. The zero-order chi connectivity index (χ0) is 12.0. The second-order valence-electron chi connectivity index (χ2n) is 3.52. The Kier molecular flexibility index (Phi) is 5.59. The fourth-order valence-electron chi connectivity index (χ4n) is 1.41. The van der Waals surface area contributed by atoms with Gasteiger partial charge in [-0.05, 0) is 13.2 Å². The summed E-state index contributed by atoms with van der Waals surface area (Å²) in [5.41, 5.74) is 2.02. The first-order valence-corrected chi connectivity index (χ1v) is 6.57. The van der Waals surface area contributed by atoms with Crippen molar-refractivity contribution in [2.24, 2.45) is 0 Å². The number of nitrogens with one attached hydrogen (secondary N) is 1. The average molecular weight is 242 g/mol. The first-order valence-electron chi connectivity index (χ1n) is 5.17. The van der Waals surface area contributed by atoms with Crippen LogP contribution in [0.3, 0.4) is 0 Å². The molecule has 0 radical (unpaired) electrons. The highest BCUT2D eigenvalue weighted by molar-refractivity contribution is 7.98. The van der Waals surface area contributed by atoms with Crippen molar-refractivity contribution in [1.82, 2.24) is 10.3 Å². The molecule has 1 aromatic heterocycles. The van der Waals surface area contributed by atoms with E-state index in [0.717, 1.165) is 17.9 Å². The Morgan fingerprint density at radius 2 is 2.25 bits per heavy atom. The summed E-state index contributed by atoms with van der Waals surface area (Å²) in [6.07, 6.45) is 3.66. The van der Waals surface area contributed by atoms with Gasteiger partial charge in [-0.15, -0.1) is 0 Å². The van der Waals surface area contributed by atoms with E-state index in [2.05, 4.69) is 16.6 Å². The van der Waals surface area contributed by atoms with Crippen LogP contribution >= 0.6 is 11.8 Å². The standard InChI is InChI=1S/C11H18N2O2S/c1-8-11(15)10(6-12-3-4-16-2)9(7-14)5-13-8/h5,12,14-15H,3-4,6-7H2,1-2H3. The van der Waals surface area contributed by atoms with Gasteiger partial charge in [0.15, 0.2) is 0 Å². The molecule has 0 aromatic carbocycles. The van der Waals surface area contributed by atoms with Crippen molar-refractivity contribution in [3.05, 3.63) is 23.0 Å². The third-order valence-corrected chi connectivity index (χ3v) is 3.00. The Hall–Kier alpha value is -0.780. The number of aromatic hydroxyl groups is 1. The fourth-order valence-corrected chi connectivity index (χ4v) is 1.75. The molecule has 0 saturated carbocycles. The lowest BCUT2D eigenvalue weighted by atomic mass is 10.1. The summed E-state index contributed by atoms with van der Waals surface area (Å²) in [5.74, 6) is 1.21. The van der Waals surface area contributed by atoms with Crippen LogP contribution in [-0.2, 0) is 13.2 Å². The van der Waals surface area contributed by atoms with E-state index in [1.807, 2.05) is 0 Å². The molecule has 3 N–H and O–H groups in total. The van der Waals surface area contributed by atoms with Crippen LogP contribution in [0.15, 0.2) is 6.20 Å². The predicted octanol–water partition coefficient (Wildman–Crippen LogP) is 1.04. The molecule has 90 valence electrons. The molecule has 0 unspecified atom stereocenters. The van der Waals surface area contributed by atoms with Crippen LogP contribution in [-0.4, -0.2) is 33.8 Å². The van der Waals surface area contributed by atoms with E-state index in [9.17, 15) is 5.11 Å². The Balaban J connectivity index is 2.72. The summed E-state index contributed by atoms with van der Waals surface area (Å²) < 4.78 is 0. The molecule has 0 saturated heterocycles. The van der Waals surface area contributed by atoms with Crippen molar-refractivity contribution in [3.63, 3.8) is 0 Å². The lowest BCUT2D eigenvalue weighted by Crippen LogP contribution is -2.18. The third-order valence-electron chi connectivity index (χ3n) is 2.39. The quantitative estimate of drug-likeness (QED) is 0.651. The molecule has 1 aromatic rings. The monoisotopic (exact) mass is 242 g/mol. The molecule has 0 amide bonds. The molecule has 0 spiro atoms. The molecule has 0 aliphatic carbocycles. The molecule has 1 rings (SSSR count). The van der Waals surface area contributed by atoms with Gasteiger partial charge in [-0.1, -0.05) is 0 Å². The van der Waals surface area contributed by atoms with Gasteiger partial charge < -0.3 is 15.5 Å². The number of aryl methyl sites for hydroxylation is 1. The minimum Gasteiger partial charge on any atom is -0.506 e. The Morgan fingerprint density at radius 1 is 1.50 bits per heavy atom. The molecule has 5 heteroatoms. The van der Waals surface area contributed by atoms with Gasteiger partial charge in [0.1, 0.15) is 5.75 Å². The van der Waals surface area contributed by atoms with Crippen molar-refractivity contribution in [2.45, 2.75) is 20.1 Å². The molecule has 0 fully saturated rings. The van der Waals surface area contributed by atoms with Crippen molar-refractivity contribution in [1.29, 1.82) is 0 Å². The van der Waals surface area contributed by atoms with E-state index in [-0.39, 0.29) is 12.4 Å². The van der Waals surface area contributed by atoms with Gasteiger partial charge in [0.2, 0.25) is 0 Å². The number of nitrogens with zero attached hydrogens (tertiary/aromatic N) is 1. The summed E-state index contributed by atoms with van der Waals surface area (Å²) in [7, 11) is 0. The maximum absolute atomic E-state index is 9.85. The predicted molar refractivity (Wildman–Crippen MR) is 66.7 cm³/mol. The molecule has 4 nitrogen and oxygen atoms in total. The van der Waals surface area contributed by atoms with E-state index in [4.69, 9.17) is 5.11 Å². The average Bonchev–Trinajstić information content (AvgIpc) is 2.30. The van der Waals surface area contributed by atoms with Crippen LogP contribution in [0.4, 0.5) is 0 Å². The normalized spacial score (nSPS) is 10.7. The maximum Gasteiger partial charge on any atom is 0.141 e. The summed E-state index contributed by atoms with van der Waals surface area (Å²) in [6, 6.07) is 0. The molecule has 16 heavy (non-hydrogen) atoms. The number of aliphatic hydroxyl groups excluding tert-OH is 1. The number of hydrogen-bond donors (Lipinski definition) is 3. The Morgan fingerprint density at radius 3 is 2.88 bits per heavy atom. The van der Waals surface area contributed by atoms with E-state index >= 15 is 0 Å². The molecule has 0 bridgehead atoms. The zero-order valence-corrected chi connectivity index (χ0v) is 10.5. The number of thioether (sulfide) groups is 1. The van der Waals surface area contributed by atoms with Crippen LogP contribution in [0.25, 0.3) is 0 Å². The summed E-state index contributed by atoms with van der Waals surface area (Å²) >= 11 is 1.77. The molecular weight excluding hydrogens is 224 g/mol. The maximum atomic E-state index is 9.85. The summed E-state index contributed by atoms with van der Waals surface area (Å²) in [4.78, 5) is 4.01. The van der Waals surface area contributed by atoms with Gasteiger partial charge in [0.25, 0.3) is 0 Å². The fraction of sp³-hybridized carbons (Fsp3) is 0.545.